The van der Waals surface area contributed by atoms with Crippen LogP contribution in [0.1, 0.15) is 24.8 Å². The number of benzene rings is 1. The maximum atomic E-state index is 12.4. The van der Waals surface area contributed by atoms with E-state index in [9.17, 15) is 26.8 Å². The first-order chi connectivity index (χ1) is 9.79. The molecule has 1 fully saturated rings. The number of halogens is 2. The average Bonchev–Trinajstić information content (AvgIpc) is 2.42. The van der Waals surface area contributed by atoms with Crippen LogP contribution in [0.4, 0.5) is 8.78 Å². The molecule has 1 atom stereocenters. The summed E-state index contributed by atoms with van der Waals surface area (Å²) in [6.45, 7) is 0. The predicted octanol–water partition coefficient (Wildman–Crippen LogP) is 0.708. The van der Waals surface area contributed by atoms with Gasteiger partial charge in [0.25, 0.3) is 6.43 Å². The first kappa shape index (κ1) is 15.5. The van der Waals surface area contributed by atoms with E-state index in [1.807, 2.05) is 5.32 Å². The number of carbonyl (C=O) groups excluding carboxylic acids is 2. The molecule has 21 heavy (non-hydrogen) atoms. The van der Waals surface area contributed by atoms with Crippen molar-refractivity contribution in [1.29, 1.82) is 0 Å². The third-order valence-corrected chi connectivity index (χ3v) is 4.47. The van der Waals surface area contributed by atoms with Crippen LogP contribution in [0, 0.1) is 0 Å². The summed E-state index contributed by atoms with van der Waals surface area (Å²) in [6, 6.07) is 3.03. The lowest BCUT2D eigenvalue weighted by molar-refractivity contribution is -0.134. The number of hydrogen-bond donors (Lipinski definition) is 2. The molecule has 1 aliphatic heterocycles. The topological polar surface area (TPSA) is 92.3 Å². The summed E-state index contributed by atoms with van der Waals surface area (Å²) in [5.41, 5.74) is -0.296. The highest BCUT2D eigenvalue weighted by Crippen LogP contribution is 2.20. The third kappa shape index (κ3) is 3.61. The minimum absolute atomic E-state index is 0.0310. The molecular formula is C12H12F2N2O4S. The molecule has 6 nitrogen and oxygen atoms in total. The first-order valence-corrected chi connectivity index (χ1v) is 7.52. The van der Waals surface area contributed by atoms with E-state index in [0.29, 0.717) is 0 Å². The SMILES string of the molecule is O=C1CCC(NS(=O)(=O)c2ccc(C(F)F)cc2)C(=O)N1. The highest BCUT2D eigenvalue weighted by Gasteiger charge is 2.30. The fraction of sp³-hybridized carbons (Fsp3) is 0.333. The van der Waals surface area contributed by atoms with Crippen molar-refractivity contribution >= 4 is 21.8 Å². The number of amides is 2. The van der Waals surface area contributed by atoms with E-state index in [-0.39, 0.29) is 23.3 Å². The van der Waals surface area contributed by atoms with Crippen LogP contribution < -0.4 is 10.0 Å². The molecule has 0 aliphatic carbocycles. The molecule has 0 saturated carbocycles. The molecule has 1 aromatic carbocycles. The molecule has 9 heteroatoms. The monoisotopic (exact) mass is 318 g/mol. The van der Waals surface area contributed by atoms with Gasteiger partial charge in [0.1, 0.15) is 6.04 Å². The van der Waals surface area contributed by atoms with E-state index < -0.39 is 34.3 Å². The Kier molecular flexibility index (Phi) is 4.33. The molecule has 0 radical (unpaired) electrons. The van der Waals surface area contributed by atoms with E-state index >= 15 is 0 Å². The number of rotatable bonds is 4. The Hall–Kier alpha value is -1.87. The van der Waals surface area contributed by atoms with Gasteiger partial charge >= 0.3 is 0 Å². The number of hydrogen-bond acceptors (Lipinski definition) is 4. The number of alkyl halides is 2. The fourth-order valence-electron chi connectivity index (χ4n) is 1.85. The van der Waals surface area contributed by atoms with E-state index in [4.69, 9.17) is 0 Å². The third-order valence-electron chi connectivity index (χ3n) is 2.98. The lowest BCUT2D eigenvalue weighted by Gasteiger charge is -2.21. The molecule has 1 unspecified atom stereocenters. The quantitative estimate of drug-likeness (QED) is 0.800. The molecule has 1 aromatic rings. The Labute approximate surface area is 119 Å². The Morgan fingerprint density at radius 1 is 1.19 bits per heavy atom. The van der Waals surface area contributed by atoms with E-state index in [1.165, 1.54) is 0 Å². The minimum Gasteiger partial charge on any atom is -0.295 e. The second-order valence-electron chi connectivity index (χ2n) is 4.49. The van der Waals surface area contributed by atoms with Crippen molar-refractivity contribution in [3.05, 3.63) is 29.8 Å². The molecule has 2 rings (SSSR count). The Morgan fingerprint density at radius 2 is 1.81 bits per heavy atom. The number of imide groups is 1. The van der Waals surface area contributed by atoms with Gasteiger partial charge in [-0.15, -0.1) is 0 Å². The van der Waals surface area contributed by atoms with Gasteiger partial charge in [-0.05, 0) is 18.6 Å². The Balaban J connectivity index is 2.14. The van der Waals surface area contributed by atoms with Gasteiger partial charge in [0.15, 0.2) is 0 Å². The highest BCUT2D eigenvalue weighted by atomic mass is 32.2. The molecule has 1 aliphatic rings. The van der Waals surface area contributed by atoms with Crippen LogP contribution >= 0.6 is 0 Å². The summed E-state index contributed by atoms with van der Waals surface area (Å²) in [7, 11) is -4.02. The van der Waals surface area contributed by atoms with Crippen LogP contribution in [0.3, 0.4) is 0 Å². The van der Waals surface area contributed by atoms with Crippen molar-refractivity contribution < 1.29 is 26.8 Å². The number of nitrogens with one attached hydrogen (secondary N) is 2. The van der Waals surface area contributed by atoms with Gasteiger partial charge < -0.3 is 0 Å². The van der Waals surface area contributed by atoms with Crippen LogP contribution in [0.5, 0.6) is 0 Å². The van der Waals surface area contributed by atoms with Crippen molar-refractivity contribution in [2.45, 2.75) is 30.2 Å². The lowest BCUT2D eigenvalue weighted by Crippen LogP contribution is -2.52. The minimum atomic E-state index is -4.02. The Morgan fingerprint density at radius 3 is 2.33 bits per heavy atom. The van der Waals surface area contributed by atoms with Gasteiger partial charge in [-0.3, -0.25) is 14.9 Å². The highest BCUT2D eigenvalue weighted by molar-refractivity contribution is 7.89. The zero-order valence-electron chi connectivity index (χ0n) is 10.7. The van der Waals surface area contributed by atoms with Crippen LogP contribution in [0.2, 0.25) is 0 Å². The number of carbonyl (C=O) groups is 2. The Bertz CT molecular complexity index is 658. The van der Waals surface area contributed by atoms with Crippen molar-refractivity contribution in [2.75, 3.05) is 0 Å². The second-order valence-corrected chi connectivity index (χ2v) is 6.21. The summed E-state index contributed by atoms with van der Waals surface area (Å²) in [5, 5.41) is 2.02. The molecular weight excluding hydrogens is 306 g/mol. The smallest absolute Gasteiger partial charge is 0.263 e. The molecule has 114 valence electrons. The van der Waals surface area contributed by atoms with Crippen LogP contribution in [-0.2, 0) is 19.6 Å². The normalized spacial score (nSPS) is 19.7. The molecule has 2 N–H and O–H groups in total. The summed E-state index contributed by atoms with van der Waals surface area (Å²) in [5.74, 6) is -1.18. The standard InChI is InChI=1S/C12H12F2N2O4S/c13-11(14)7-1-3-8(4-2-7)21(19,20)16-9-5-6-10(17)15-12(9)18/h1-4,9,11,16H,5-6H2,(H,15,17,18). The molecule has 1 heterocycles. The van der Waals surface area contributed by atoms with Gasteiger partial charge in [-0.1, -0.05) is 12.1 Å². The van der Waals surface area contributed by atoms with E-state index in [1.54, 1.807) is 0 Å². The van der Waals surface area contributed by atoms with Crippen LogP contribution in [0.25, 0.3) is 0 Å². The van der Waals surface area contributed by atoms with Gasteiger partial charge in [0.05, 0.1) is 4.90 Å². The van der Waals surface area contributed by atoms with Gasteiger partial charge in [-0.2, -0.15) is 4.72 Å². The maximum Gasteiger partial charge on any atom is 0.263 e. The zero-order chi connectivity index (χ0) is 15.6. The molecule has 1 saturated heterocycles. The van der Waals surface area contributed by atoms with E-state index in [2.05, 4.69) is 4.72 Å². The summed E-state index contributed by atoms with van der Waals surface area (Å²) >= 11 is 0. The van der Waals surface area contributed by atoms with Crippen molar-refractivity contribution in [3.8, 4) is 0 Å². The number of sulfonamides is 1. The molecule has 0 spiro atoms. The molecule has 2 amide bonds. The molecule has 0 bridgehead atoms. The summed E-state index contributed by atoms with van der Waals surface area (Å²) < 4.78 is 51.1. The van der Waals surface area contributed by atoms with Crippen molar-refractivity contribution in [3.63, 3.8) is 0 Å². The summed E-state index contributed by atoms with van der Waals surface area (Å²) in [4.78, 5) is 22.2. The summed E-state index contributed by atoms with van der Waals surface area (Å²) in [6.07, 6.45) is -2.60. The van der Waals surface area contributed by atoms with E-state index in [0.717, 1.165) is 24.3 Å². The van der Waals surface area contributed by atoms with Crippen LogP contribution in [-0.4, -0.2) is 26.3 Å². The van der Waals surface area contributed by atoms with Crippen LogP contribution in [0.15, 0.2) is 29.2 Å². The zero-order valence-corrected chi connectivity index (χ0v) is 11.5. The number of piperidine rings is 1. The predicted molar refractivity (Wildman–Crippen MR) is 67.9 cm³/mol. The lowest BCUT2D eigenvalue weighted by atomic mass is 10.1. The van der Waals surface area contributed by atoms with Gasteiger partial charge in [0, 0.05) is 12.0 Å². The van der Waals surface area contributed by atoms with Crippen molar-refractivity contribution in [2.24, 2.45) is 0 Å². The van der Waals surface area contributed by atoms with Gasteiger partial charge in [0.2, 0.25) is 21.8 Å². The maximum absolute atomic E-state index is 12.4. The first-order valence-electron chi connectivity index (χ1n) is 6.04. The fourth-order valence-corrected chi connectivity index (χ4v) is 3.08. The average molecular weight is 318 g/mol. The second kappa shape index (κ2) is 5.86. The van der Waals surface area contributed by atoms with Crippen molar-refractivity contribution in [1.82, 2.24) is 10.0 Å². The molecule has 0 aromatic heterocycles. The largest absolute Gasteiger partial charge is 0.295 e. The van der Waals surface area contributed by atoms with Gasteiger partial charge in [-0.25, -0.2) is 17.2 Å².